The molecule has 0 atom stereocenters. The molecule has 2 N–H and O–H groups in total. The van der Waals surface area contributed by atoms with Crippen LogP contribution in [0, 0.1) is 0 Å². The van der Waals surface area contributed by atoms with Gasteiger partial charge in [-0.3, -0.25) is 5.32 Å². The van der Waals surface area contributed by atoms with Gasteiger partial charge in [-0.05, 0) is 37.4 Å². The van der Waals surface area contributed by atoms with Crippen LogP contribution < -0.4 is 10.6 Å². The highest BCUT2D eigenvalue weighted by atomic mass is 16.6. The third-order valence-electron chi connectivity index (χ3n) is 3.59. The molecule has 0 spiro atoms. The number of piperidine rings is 1. The lowest BCUT2D eigenvalue weighted by atomic mass is 10.1. The third-order valence-corrected chi connectivity index (χ3v) is 3.59. The zero-order valence-corrected chi connectivity index (χ0v) is 11.3. The summed E-state index contributed by atoms with van der Waals surface area (Å²) in [4.78, 5) is 12.0. The number of anilines is 1. The van der Waals surface area contributed by atoms with Crippen molar-refractivity contribution in [3.8, 4) is 0 Å². The summed E-state index contributed by atoms with van der Waals surface area (Å²) in [5.74, 6) is 0. The van der Waals surface area contributed by atoms with Crippen LogP contribution in [0.4, 0.5) is 10.5 Å². The number of hydrogen-bond donors (Lipinski definition) is 2. The number of nitrogens with one attached hydrogen (secondary N) is 2. The number of rotatable bonds is 2. The van der Waals surface area contributed by atoms with Crippen molar-refractivity contribution >= 4 is 22.6 Å². The van der Waals surface area contributed by atoms with Crippen molar-refractivity contribution in [2.75, 3.05) is 18.4 Å². The number of ether oxygens (including phenoxy) is 1. The van der Waals surface area contributed by atoms with Gasteiger partial charge in [-0.15, -0.1) is 0 Å². The second-order valence-corrected chi connectivity index (χ2v) is 5.01. The van der Waals surface area contributed by atoms with E-state index in [-0.39, 0.29) is 12.2 Å². The van der Waals surface area contributed by atoms with Crippen LogP contribution in [0.3, 0.4) is 0 Å². The second-order valence-electron chi connectivity index (χ2n) is 5.01. The fourth-order valence-electron chi connectivity index (χ4n) is 2.54. The molecule has 1 aliphatic heterocycles. The van der Waals surface area contributed by atoms with Gasteiger partial charge in [0.05, 0.1) is 5.69 Å². The minimum atomic E-state index is -0.367. The Hall–Kier alpha value is -2.07. The van der Waals surface area contributed by atoms with Gasteiger partial charge in [-0.25, -0.2) is 4.79 Å². The third kappa shape index (κ3) is 2.91. The molecule has 2 aromatic rings. The molecule has 1 aliphatic rings. The number of benzene rings is 2. The van der Waals surface area contributed by atoms with Gasteiger partial charge < -0.3 is 10.1 Å². The van der Waals surface area contributed by atoms with Gasteiger partial charge in [0.25, 0.3) is 0 Å². The van der Waals surface area contributed by atoms with Gasteiger partial charge in [0.2, 0.25) is 0 Å². The topological polar surface area (TPSA) is 50.4 Å². The smallest absolute Gasteiger partial charge is 0.411 e. The normalized spacial score (nSPS) is 16.0. The summed E-state index contributed by atoms with van der Waals surface area (Å²) in [5, 5.41) is 8.23. The Bertz CT molecular complexity index is 601. The number of amides is 1. The molecule has 0 aliphatic carbocycles. The van der Waals surface area contributed by atoms with Crippen molar-refractivity contribution in [2.24, 2.45) is 0 Å². The lowest BCUT2D eigenvalue weighted by Gasteiger charge is -2.22. The van der Waals surface area contributed by atoms with Gasteiger partial charge in [-0.2, -0.15) is 0 Å². The van der Waals surface area contributed by atoms with E-state index >= 15 is 0 Å². The van der Waals surface area contributed by atoms with Crippen molar-refractivity contribution in [1.29, 1.82) is 0 Å². The Labute approximate surface area is 118 Å². The molecule has 0 bridgehead atoms. The highest BCUT2D eigenvalue weighted by Gasteiger charge is 2.17. The van der Waals surface area contributed by atoms with E-state index in [9.17, 15) is 4.79 Å². The number of hydrogen-bond acceptors (Lipinski definition) is 3. The predicted octanol–water partition coefficient (Wildman–Crippen LogP) is 3.14. The summed E-state index contributed by atoms with van der Waals surface area (Å²) in [6.45, 7) is 1.82. The summed E-state index contributed by atoms with van der Waals surface area (Å²) < 4.78 is 5.45. The fraction of sp³-hybridized carbons (Fsp3) is 0.312. The Balaban J connectivity index is 1.71. The molecule has 0 radical (unpaired) electrons. The van der Waals surface area contributed by atoms with Crippen molar-refractivity contribution in [1.82, 2.24) is 5.32 Å². The van der Waals surface area contributed by atoms with Crippen LogP contribution in [0.5, 0.6) is 0 Å². The van der Waals surface area contributed by atoms with Crippen LogP contribution in [0.2, 0.25) is 0 Å². The zero-order valence-electron chi connectivity index (χ0n) is 11.3. The van der Waals surface area contributed by atoms with E-state index in [4.69, 9.17) is 4.74 Å². The predicted molar refractivity (Wildman–Crippen MR) is 79.9 cm³/mol. The van der Waals surface area contributed by atoms with Crippen LogP contribution in [-0.4, -0.2) is 25.3 Å². The standard InChI is InChI=1S/C16H18N2O2/c19-16(20-13-8-10-17-11-9-13)18-15-7-3-5-12-4-1-2-6-14(12)15/h1-7,13,17H,8-11H2,(H,18,19). The van der Waals surface area contributed by atoms with Gasteiger partial charge in [0.1, 0.15) is 6.10 Å². The lowest BCUT2D eigenvalue weighted by Crippen LogP contribution is -2.34. The molecular formula is C16H18N2O2. The summed E-state index contributed by atoms with van der Waals surface area (Å²) in [6, 6.07) is 13.8. The lowest BCUT2D eigenvalue weighted by molar-refractivity contribution is 0.0909. The fourth-order valence-corrected chi connectivity index (χ4v) is 2.54. The van der Waals surface area contributed by atoms with Crippen molar-refractivity contribution in [3.63, 3.8) is 0 Å². The van der Waals surface area contributed by atoms with Crippen molar-refractivity contribution in [3.05, 3.63) is 42.5 Å². The molecule has 1 amide bonds. The number of carbonyl (C=O) groups excluding carboxylic acids is 1. The monoisotopic (exact) mass is 270 g/mol. The van der Waals surface area contributed by atoms with Crippen molar-refractivity contribution in [2.45, 2.75) is 18.9 Å². The molecule has 104 valence electrons. The average molecular weight is 270 g/mol. The quantitative estimate of drug-likeness (QED) is 0.881. The molecule has 4 nitrogen and oxygen atoms in total. The minimum absolute atomic E-state index is 0.0197. The first-order chi connectivity index (χ1) is 9.83. The highest BCUT2D eigenvalue weighted by Crippen LogP contribution is 2.23. The number of fused-ring (bicyclic) bond motifs is 1. The van der Waals surface area contributed by atoms with Gasteiger partial charge in [0, 0.05) is 5.39 Å². The van der Waals surface area contributed by atoms with E-state index in [1.807, 2.05) is 42.5 Å². The molecule has 1 heterocycles. The zero-order chi connectivity index (χ0) is 13.8. The molecule has 20 heavy (non-hydrogen) atoms. The maximum Gasteiger partial charge on any atom is 0.411 e. The largest absolute Gasteiger partial charge is 0.446 e. The summed E-state index contributed by atoms with van der Waals surface area (Å²) in [7, 11) is 0. The van der Waals surface area contributed by atoms with Crippen LogP contribution in [0.25, 0.3) is 10.8 Å². The van der Waals surface area contributed by atoms with Crippen LogP contribution >= 0.6 is 0 Å². The summed E-state index contributed by atoms with van der Waals surface area (Å²) in [5.41, 5.74) is 0.794. The summed E-state index contributed by atoms with van der Waals surface area (Å²) in [6.07, 6.45) is 1.41. The second kappa shape index (κ2) is 5.92. The van der Waals surface area contributed by atoms with Gasteiger partial charge >= 0.3 is 6.09 Å². The molecule has 1 saturated heterocycles. The van der Waals surface area contributed by atoms with Crippen LogP contribution in [0.1, 0.15) is 12.8 Å². The highest BCUT2D eigenvalue weighted by molar-refractivity contribution is 6.00. The SMILES string of the molecule is O=C(Nc1cccc2ccccc12)OC1CCNCC1. The summed E-state index contributed by atoms with van der Waals surface area (Å²) >= 11 is 0. The first kappa shape index (κ1) is 12.9. The molecule has 1 fully saturated rings. The van der Waals surface area contributed by atoms with Gasteiger partial charge in [-0.1, -0.05) is 36.4 Å². The molecule has 4 heteroatoms. The molecule has 0 aromatic heterocycles. The maximum absolute atomic E-state index is 12.0. The first-order valence-corrected chi connectivity index (χ1v) is 6.99. The Morgan fingerprint density at radius 3 is 2.70 bits per heavy atom. The molecular weight excluding hydrogens is 252 g/mol. The van der Waals surface area contributed by atoms with E-state index in [0.717, 1.165) is 42.4 Å². The number of carbonyl (C=O) groups is 1. The van der Waals surface area contributed by atoms with E-state index in [1.54, 1.807) is 0 Å². The Kier molecular flexibility index (Phi) is 3.83. The minimum Gasteiger partial charge on any atom is -0.446 e. The van der Waals surface area contributed by atoms with Gasteiger partial charge in [0.15, 0.2) is 0 Å². The van der Waals surface area contributed by atoms with E-state index < -0.39 is 0 Å². The van der Waals surface area contributed by atoms with Crippen LogP contribution in [-0.2, 0) is 4.74 Å². The Morgan fingerprint density at radius 1 is 1.10 bits per heavy atom. The maximum atomic E-state index is 12.0. The van der Waals surface area contributed by atoms with E-state index in [0.29, 0.717) is 0 Å². The average Bonchev–Trinajstić information content (AvgIpc) is 2.48. The molecule has 0 unspecified atom stereocenters. The Morgan fingerprint density at radius 2 is 1.85 bits per heavy atom. The molecule has 2 aromatic carbocycles. The van der Waals surface area contributed by atoms with E-state index in [1.165, 1.54) is 0 Å². The molecule has 0 saturated carbocycles. The first-order valence-electron chi connectivity index (χ1n) is 6.99. The van der Waals surface area contributed by atoms with E-state index in [2.05, 4.69) is 10.6 Å². The molecule has 3 rings (SSSR count). The van der Waals surface area contributed by atoms with Crippen molar-refractivity contribution < 1.29 is 9.53 Å². The van der Waals surface area contributed by atoms with Crippen LogP contribution in [0.15, 0.2) is 42.5 Å².